The Hall–Kier alpha value is -2.77. The van der Waals surface area contributed by atoms with Crippen LogP contribution in [0.15, 0.2) is 18.2 Å². The van der Waals surface area contributed by atoms with Gasteiger partial charge in [-0.2, -0.15) is 0 Å². The van der Waals surface area contributed by atoms with E-state index < -0.39 is 17.5 Å². The maximum Gasteiger partial charge on any atom is 0.291 e. The molecule has 0 aliphatic carbocycles. The first-order valence-electron chi connectivity index (χ1n) is 9.50. The number of halogens is 2. The topological polar surface area (TPSA) is 76.0 Å². The van der Waals surface area contributed by atoms with Crippen molar-refractivity contribution < 1.29 is 18.4 Å². The van der Waals surface area contributed by atoms with Crippen LogP contribution in [0.5, 0.6) is 0 Å². The molecule has 8 heteroatoms. The lowest BCUT2D eigenvalue weighted by Crippen LogP contribution is -2.27. The molecule has 28 heavy (non-hydrogen) atoms. The second-order valence-electron chi connectivity index (χ2n) is 7.36. The molecule has 2 N–H and O–H groups in total. The lowest BCUT2D eigenvalue weighted by atomic mass is 10.1. The van der Waals surface area contributed by atoms with Crippen LogP contribution in [0, 0.1) is 17.6 Å². The van der Waals surface area contributed by atoms with E-state index in [-0.39, 0.29) is 23.1 Å². The number of aromatic nitrogens is 2. The van der Waals surface area contributed by atoms with Crippen molar-refractivity contribution in [3.63, 3.8) is 0 Å². The Bertz CT molecular complexity index is 893. The van der Waals surface area contributed by atoms with Crippen molar-refractivity contribution in [3.05, 3.63) is 47.0 Å². The molecule has 2 amide bonds. The van der Waals surface area contributed by atoms with E-state index in [1.165, 1.54) is 0 Å². The number of fused-ring (bicyclic) bond motifs is 1. The van der Waals surface area contributed by atoms with Crippen LogP contribution < -0.4 is 10.6 Å². The van der Waals surface area contributed by atoms with E-state index in [1.807, 2.05) is 0 Å². The standard InChI is InChI=1S/C20H24F2N4O2/c1-12(2)8-9-23-19(27)17-16-5-3-4-10-26(16)18(25-17)20(28)24-15-7-6-13(21)11-14(15)22/h6-7,11-12H,3-5,8-10H2,1-2H3,(H,23,27)(H,24,28). The molecule has 0 atom stereocenters. The van der Waals surface area contributed by atoms with E-state index in [9.17, 15) is 18.4 Å². The summed E-state index contributed by atoms with van der Waals surface area (Å²) in [6, 6.07) is 2.92. The summed E-state index contributed by atoms with van der Waals surface area (Å²) in [6.07, 6.45) is 3.27. The number of nitrogens with zero attached hydrogens (tertiary/aromatic N) is 2. The zero-order chi connectivity index (χ0) is 20.3. The Balaban J connectivity index is 1.83. The van der Waals surface area contributed by atoms with Crippen molar-refractivity contribution in [2.24, 2.45) is 5.92 Å². The quantitative estimate of drug-likeness (QED) is 0.792. The van der Waals surface area contributed by atoms with Crippen LogP contribution in [0.1, 0.15) is 59.9 Å². The third kappa shape index (κ3) is 4.37. The number of carbonyl (C=O) groups excluding carboxylic acids is 2. The number of hydrogen-bond acceptors (Lipinski definition) is 3. The minimum atomic E-state index is -0.870. The van der Waals surface area contributed by atoms with Crippen LogP contribution in [0.2, 0.25) is 0 Å². The van der Waals surface area contributed by atoms with E-state index in [2.05, 4.69) is 29.5 Å². The van der Waals surface area contributed by atoms with Gasteiger partial charge in [0.1, 0.15) is 17.3 Å². The minimum Gasteiger partial charge on any atom is -0.351 e. The van der Waals surface area contributed by atoms with Crippen LogP contribution in [-0.4, -0.2) is 27.9 Å². The molecule has 150 valence electrons. The third-order valence-electron chi connectivity index (χ3n) is 4.72. The molecule has 2 aromatic rings. The molecule has 0 saturated heterocycles. The van der Waals surface area contributed by atoms with Crippen LogP contribution >= 0.6 is 0 Å². The largest absolute Gasteiger partial charge is 0.351 e. The Morgan fingerprint density at radius 3 is 2.71 bits per heavy atom. The van der Waals surface area contributed by atoms with Crippen LogP contribution in [0.3, 0.4) is 0 Å². The van der Waals surface area contributed by atoms with Crippen molar-refractivity contribution >= 4 is 17.5 Å². The van der Waals surface area contributed by atoms with Crippen molar-refractivity contribution in [2.75, 3.05) is 11.9 Å². The van der Waals surface area contributed by atoms with Crippen LogP contribution in [-0.2, 0) is 13.0 Å². The summed E-state index contributed by atoms with van der Waals surface area (Å²) in [6.45, 7) is 5.24. The zero-order valence-electron chi connectivity index (χ0n) is 16.0. The molecule has 0 radical (unpaired) electrons. The maximum atomic E-state index is 13.9. The molecule has 0 saturated carbocycles. The van der Waals surface area contributed by atoms with Gasteiger partial charge < -0.3 is 15.2 Å². The summed E-state index contributed by atoms with van der Waals surface area (Å²) in [4.78, 5) is 29.5. The Kier molecular flexibility index (Phi) is 6.06. The summed E-state index contributed by atoms with van der Waals surface area (Å²) >= 11 is 0. The van der Waals surface area contributed by atoms with E-state index in [1.54, 1.807) is 4.57 Å². The highest BCUT2D eigenvalue weighted by molar-refractivity contribution is 6.03. The highest BCUT2D eigenvalue weighted by Gasteiger charge is 2.27. The number of anilines is 1. The second-order valence-corrected chi connectivity index (χ2v) is 7.36. The van der Waals surface area contributed by atoms with Crippen molar-refractivity contribution in [1.29, 1.82) is 0 Å². The fourth-order valence-corrected chi connectivity index (χ4v) is 3.23. The van der Waals surface area contributed by atoms with Crippen LogP contribution in [0.4, 0.5) is 14.5 Å². The molecule has 0 unspecified atom stereocenters. The molecule has 1 aromatic carbocycles. The molecule has 0 spiro atoms. The second kappa shape index (κ2) is 8.50. The van der Waals surface area contributed by atoms with Gasteiger partial charge >= 0.3 is 0 Å². The number of amides is 2. The first-order chi connectivity index (χ1) is 13.4. The molecular weight excluding hydrogens is 366 g/mol. The Morgan fingerprint density at radius 2 is 2.00 bits per heavy atom. The fourth-order valence-electron chi connectivity index (χ4n) is 3.23. The van der Waals surface area contributed by atoms with Gasteiger partial charge in [-0.3, -0.25) is 9.59 Å². The molecule has 3 rings (SSSR count). The highest BCUT2D eigenvalue weighted by atomic mass is 19.1. The predicted octanol–water partition coefficient (Wildman–Crippen LogP) is 3.53. The molecule has 1 aliphatic rings. The van der Waals surface area contributed by atoms with Crippen LogP contribution in [0.25, 0.3) is 0 Å². The summed E-state index contributed by atoms with van der Waals surface area (Å²) in [5.41, 5.74) is 0.828. The lowest BCUT2D eigenvalue weighted by Gasteiger charge is -2.17. The van der Waals surface area contributed by atoms with Gasteiger partial charge in [0.2, 0.25) is 0 Å². The molecule has 0 bridgehead atoms. The van der Waals surface area contributed by atoms with Gasteiger partial charge in [0.05, 0.1) is 11.4 Å². The van der Waals surface area contributed by atoms with Crippen molar-refractivity contribution in [1.82, 2.24) is 14.9 Å². The molecule has 1 aliphatic heterocycles. The van der Waals surface area contributed by atoms with Gasteiger partial charge in [-0.15, -0.1) is 0 Å². The summed E-state index contributed by atoms with van der Waals surface area (Å²) < 4.78 is 28.6. The number of carbonyl (C=O) groups is 2. The highest BCUT2D eigenvalue weighted by Crippen LogP contribution is 2.23. The minimum absolute atomic E-state index is 0.0624. The van der Waals surface area contributed by atoms with E-state index in [0.717, 1.165) is 37.1 Å². The van der Waals surface area contributed by atoms with Gasteiger partial charge in [-0.05, 0) is 43.7 Å². The number of nitrogens with one attached hydrogen (secondary N) is 2. The van der Waals surface area contributed by atoms with E-state index >= 15 is 0 Å². The number of hydrogen-bond donors (Lipinski definition) is 2. The number of benzene rings is 1. The summed E-state index contributed by atoms with van der Waals surface area (Å²) in [5, 5.41) is 5.27. The average molecular weight is 390 g/mol. The third-order valence-corrected chi connectivity index (χ3v) is 4.72. The first kappa shape index (κ1) is 20.0. The SMILES string of the molecule is CC(C)CCNC(=O)c1nc(C(=O)Nc2ccc(F)cc2F)n2c1CCCC2. The predicted molar refractivity (Wildman–Crippen MR) is 101 cm³/mol. The maximum absolute atomic E-state index is 13.9. The first-order valence-corrected chi connectivity index (χ1v) is 9.50. The van der Waals surface area contributed by atoms with E-state index in [4.69, 9.17) is 0 Å². The summed E-state index contributed by atoms with van der Waals surface area (Å²) in [5.74, 6) is -2.01. The average Bonchev–Trinajstić information content (AvgIpc) is 3.03. The smallest absolute Gasteiger partial charge is 0.291 e. The Morgan fingerprint density at radius 1 is 1.21 bits per heavy atom. The fraction of sp³-hybridized carbons (Fsp3) is 0.450. The molecular formula is C20H24F2N4O2. The zero-order valence-corrected chi connectivity index (χ0v) is 16.0. The molecule has 0 fully saturated rings. The number of rotatable bonds is 6. The van der Waals surface area contributed by atoms with Gasteiger partial charge in [0.15, 0.2) is 5.82 Å². The van der Waals surface area contributed by atoms with E-state index in [0.29, 0.717) is 31.5 Å². The monoisotopic (exact) mass is 390 g/mol. The normalized spacial score (nSPS) is 13.3. The van der Waals surface area contributed by atoms with Gasteiger partial charge in [0, 0.05) is 19.2 Å². The lowest BCUT2D eigenvalue weighted by molar-refractivity contribution is 0.0946. The summed E-state index contributed by atoms with van der Waals surface area (Å²) in [7, 11) is 0. The van der Waals surface area contributed by atoms with Crippen molar-refractivity contribution in [2.45, 2.75) is 46.1 Å². The molecule has 2 heterocycles. The molecule has 1 aromatic heterocycles. The van der Waals surface area contributed by atoms with Crippen molar-refractivity contribution in [3.8, 4) is 0 Å². The van der Waals surface area contributed by atoms with Gasteiger partial charge in [-0.1, -0.05) is 13.8 Å². The number of imidazole rings is 1. The Labute approximate surface area is 162 Å². The van der Waals surface area contributed by atoms with Gasteiger partial charge in [0.25, 0.3) is 11.8 Å². The van der Waals surface area contributed by atoms with Gasteiger partial charge in [-0.25, -0.2) is 13.8 Å². The molecule has 6 nitrogen and oxygen atoms in total.